The predicted octanol–water partition coefficient (Wildman–Crippen LogP) is 6.14. The Bertz CT molecular complexity index is 723. The number of hydrogen-bond acceptors (Lipinski definition) is 3. The van der Waals surface area contributed by atoms with Crippen molar-refractivity contribution in [3.05, 3.63) is 63.6 Å². The minimum Gasteiger partial charge on any atom is -0.445 e. The monoisotopic (exact) mass is 484 g/mol. The number of carbonyl (C=O) groups excluding carboxylic acids is 1. The summed E-state index contributed by atoms with van der Waals surface area (Å²) < 4.78 is 4.24. The SMILES string of the molecule is O=C(N[C@@H](Nc1ccc(Br)cc1)C(Cl)(Cl)Cl)OCc1ccccc1Cl. The van der Waals surface area contributed by atoms with Crippen LogP contribution in [-0.2, 0) is 11.3 Å². The van der Waals surface area contributed by atoms with E-state index in [0.29, 0.717) is 16.3 Å². The zero-order chi connectivity index (χ0) is 18.4. The first-order valence-corrected chi connectivity index (χ1v) is 9.31. The lowest BCUT2D eigenvalue weighted by Gasteiger charge is -2.27. The van der Waals surface area contributed by atoms with E-state index in [9.17, 15) is 4.79 Å². The molecule has 0 radical (unpaired) electrons. The molecule has 0 aromatic heterocycles. The predicted molar refractivity (Wildman–Crippen MR) is 107 cm³/mol. The van der Waals surface area contributed by atoms with Crippen LogP contribution in [0.15, 0.2) is 53.0 Å². The van der Waals surface area contributed by atoms with Gasteiger partial charge in [0.25, 0.3) is 0 Å². The van der Waals surface area contributed by atoms with E-state index in [2.05, 4.69) is 26.6 Å². The van der Waals surface area contributed by atoms with Gasteiger partial charge in [0.2, 0.25) is 3.79 Å². The summed E-state index contributed by atoms with van der Waals surface area (Å²) >= 11 is 27.2. The summed E-state index contributed by atoms with van der Waals surface area (Å²) in [5.41, 5.74) is 1.33. The van der Waals surface area contributed by atoms with Gasteiger partial charge in [-0.15, -0.1) is 0 Å². The molecular formula is C16H13BrCl4N2O2. The lowest BCUT2D eigenvalue weighted by atomic mass is 10.2. The van der Waals surface area contributed by atoms with Crippen LogP contribution in [0.4, 0.5) is 10.5 Å². The number of hydrogen-bond donors (Lipinski definition) is 2. The Morgan fingerprint density at radius 3 is 2.36 bits per heavy atom. The van der Waals surface area contributed by atoms with Crippen molar-refractivity contribution in [1.82, 2.24) is 5.32 Å². The highest BCUT2D eigenvalue weighted by Crippen LogP contribution is 2.31. The van der Waals surface area contributed by atoms with Crippen molar-refractivity contribution in [2.75, 3.05) is 5.32 Å². The molecule has 0 aliphatic carbocycles. The van der Waals surface area contributed by atoms with Crippen molar-refractivity contribution < 1.29 is 9.53 Å². The van der Waals surface area contributed by atoms with Crippen LogP contribution in [-0.4, -0.2) is 16.1 Å². The molecule has 0 heterocycles. The van der Waals surface area contributed by atoms with Crippen LogP contribution in [0.1, 0.15) is 5.56 Å². The van der Waals surface area contributed by atoms with Gasteiger partial charge in [-0.05, 0) is 30.3 Å². The molecule has 0 aliphatic rings. The molecule has 2 aromatic carbocycles. The average molecular weight is 487 g/mol. The third kappa shape index (κ3) is 6.76. The smallest absolute Gasteiger partial charge is 0.409 e. The van der Waals surface area contributed by atoms with E-state index in [-0.39, 0.29) is 6.61 Å². The Balaban J connectivity index is 1.98. The van der Waals surface area contributed by atoms with Gasteiger partial charge in [0.05, 0.1) is 0 Å². The van der Waals surface area contributed by atoms with Crippen molar-refractivity contribution in [2.24, 2.45) is 0 Å². The quantitative estimate of drug-likeness (QED) is 0.394. The molecule has 9 heteroatoms. The number of alkyl halides is 3. The second-order valence-electron chi connectivity index (χ2n) is 4.94. The fourth-order valence-corrected chi connectivity index (χ4v) is 2.61. The summed E-state index contributed by atoms with van der Waals surface area (Å²) in [5.74, 6) is 0. The molecule has 25 heavy (non-hydrogen) atoms. The molecule has 2 aromatic rings. The van der Waals surface area contributed by atoms with Crippen LogP contribution in [0.3, 0.4) is 0 Å². The number of alkyl carbamates (subject to hydrolysis) is 1. The van der Waals surface area contributed by atoms with Gasteiger partial charge < -0.3 is 10.1 Å². The molecule has 0 fully saturated rings. The van der Waals surface area contributed by atoms with E-state index in [0.717, 1.165) is 4.47 Å². The average Bonchev–Trinajstić information content (AvgIpc) is 2.54. The number of halogens is 5. The Hall–Kier alpha value is -0.850. The minimum absolute atomic E-state index is 0.00360. The van der Waals surface area contributed by atoms with E-state index in [1.54, 1.807) is 36.4 Å². The lowest BCUT2D eigenvalue weighted by molar-refractivity contribution is 0.137. The van der Waals surface area contributed by atoms with Gasteiger partial charge in [-0.25, -0.2) is 4.79 Å². The second-order valence-corrected chi connectivity index (χ2v) is 8.63. The summed E-state index contributed by atoms with van der Waals surface area (Å²) in [6.45, 7) is -0.00360. The molecule has 4 nitrogen and oxygen atoms in total. The molecule has 0 saturated carbocycles. The standard InChI is InChI=1S/C16H13BrCl4N2O2/c17-11-5-7-12(8-6-11)22-14(16(19,20)21)23-15(24)25-9-10-3-1-2-4-13(10)18/h1-8,14,22H,9H2,(H,23,24)/t14-/m1/s1. The molecule has 1 amide bonds. The number of rotatable bonds is 5. The van der Waals surface area contributed by atoms with E-state index < -0.39 is 16.1 Å². The Morgan fingerprint density at radius 2 is 1.76 bits per heavy atom. The summed E-state index contributed by atoms with van der Waals surface area (Å²) in [6, 6.07) is 14.2. The maximum atomic E-state index is 12.0. The van der Waals surface area contributed by atoms with Crippen molar-refractivity contribution in [3.63, 3.8) is 0 Å². The summed E-state index contributed by atoms with van der Waals surface area (Å²) in [6.07, 6.45) is -1.75. The number of nitrogens with one attached hydrogen (secondary N) is 2. The number of carbonyl (C=O) groups is 1. The van der Waals surface area contributed by atoms with Crippen LogP contribution in [0, 0.1) is 0 Å². The summed E-state index contributed by atoms with van der Waals surface area (Å²) in [4.78, 5) is 12.0. The van der Waals surface area contributed by atoms with Gasteiger partial charge in [0.15, 0.2) is 0 Å². The summed E-state index contributed by atoms with van der Waals surface area (Å²) in [7, 11) is 0. The van der Waals surface area contributed by atoms with Gasteiger partial charge in [-0.1, -0.05) is 80.5 Å². The third-order valence-corrected chi connectivity index (χ3v) is 4.61. The Labute approximate surface area is 173 Å². The number of anilines is 1. The summed E-state index contributed by atoms with van der Waals surface area (Å²) in [5, 5.41) is 5.92. The highest BCUT2D eigenvalue weighted by atomic mass is 79.9. The van der Waals surface area contributed by atoms with Gasteiger partial charge in [0.1, 0.15) is 12.8 Å². The molecule has 0 aliphatic heterocycles. The van der Waals surface area contributed by atoms with Crippen LogP contribution < -0.4 is 10.6 Å². The fraction of sp³-hybridized carbons (Fsp3) is 0.188. The first kappa shape index (κ1) is 20.5. The molecule has 0 bridgehead atoms. The van der Waals surface area contributed by atoms with E-state index in [1.165, 1.54) is 0 Å². The normalized spacial score (nSPS) is 12.4. The number of amides is 1. The third-order valence-electron chi connectivity index (χ3n) is 3.06. The molecule has 0 unspecified atom stereocenters. The van der Waals surface area contributed by atoms with Gasteiger partial charge in [-0.2, -0.15) is 0 Å². The lowest BCUT2D eigenvalue weighted by Crippen LogP contribution is -2.49. The molecule has 0 saturated heterocycles. The van der Waals surface area contributed by atoms with Crippen LogP contribution in [0.2, 0.25) is 5.02 Å². The topological polar surface area (TPSA) is 50.4 Å². The highest BCUT2D eigenvalue weighted by molar-refractivity contribution is 9.10. The fourth-order valence-electron chi connectivity index (χ4n) is 1.83. The maximum Gasteiger partial charge on any atom is 0.409 e. The van der Waals surface area contributed by atoms with Crippen LogP contribution >= 0.6 is 62.3 Å². The van der Waals surface area contributed by atoms with Crippen molar-refractivity contribution >= 4 is 74.1 Å². The van der Waals surface area contributed by atoms with Crippen LogP contribution in [0.5, 0.6) is 0 Å². The van der Waals surface area contributed by atoms with Crippen molar-refractivity contribution in [1.29, 1.82) is 0 Å². The van der Waals surface area contributed by atoms with Gasteiger partial charge >= 0.3 is 6.09 Å². The molecule has 134 valence electrons. The van der Waals surface area contributed by atoms with Gasteiger partial charge in [-0.3, -0.25) is 5.32 Å². The Morgan fingerprint density at radius 1 is 1.12 bits per heavy atom. The first-order chi connectivity index (χ1) is 11.8. The molecule has 2 N–H and O–H groups in total. The molecule has 1 atom stereocenters. The minimum atomic E-state index is -1.80. The van der Waals surface area contributed by atoms with E-state index >= 15 is 0 Å². The molecular weight excluding hydrogens is 474 g/mol. The van der Waals surface area contributed by atoms with E-state index in [4.69, 9.17) is 51.1 Å². The molecule has 2 rings (SSSR count). The molecule has 0 spiro atoms. The zero-order valence-corrected chi connectivity index (χ0v) is 17.2. The number of ether oxygens (including phenoxy) is 1. The van der Waals surface area contributed by atoms with E-state index in [1.807, 2.05) is 12.1 Å². The van der Waals surface area contributed by atoms with Crippen molar-refractivity contribution in [2.45, 2.75) is 16.6 Å². The van der Waals surface area contributed by atoms with Crippen molar-refractivity contribution in [3.8, 4) is 0 Å². The second kappa shape index (κ2) is 9.19. The zero-order valence-electron chi connectivity index (χ0n) is 12.6. The van der Waals surface area contributed by atoms with Crippen LogP contribution in [0.25, 0.3) is 0 Å². The first-order valence-electron chi connectivity index (χ1n) is 7.01. The maximum absolute atomic E-state index is 12.0. The van der Waals surface area contributed by atoms with Gasteiger partial charge in [0, 0.05) is 20.7 Å². The largest absolute Gasteiger partial charge is 0.445 e. The highest BCUT2D eigenvalue weighted by Gasteiger charge is 2.34. The number of benzene rings is 2. The Kier molecular flexibility index (Phi) is 7.52.